The van der Waals surface area contributed by atoms with Crippen molar-refractivity contribution in [2.75, 3.05) is 20.8 Å². The van der Waals surface area contributed by atoms with E-state index in [2.05, 4.69) is 0 Å². The second-order valence-electron chi connectivity index (χ2n) is 3.23. The Hall–Kier alpha value is -1.33. The molecule has 16 heavy (non-hydrogen) atoms. The summed E-state index contributed by atoms with van der Waals surface area (Å²) in [5.74, 6) is -0.445. The number of ether oxygens (including phenoxy) is 2. The van der Waals surface area contributed by atoms with Gasteiger partial charge in [0.1, 0.15) is 0 Å². The number of methoxy groups -OCH3 is 2. The summed E-state index contributed by atoms with van der Waals surface area (Å²) in [4.78, 5) is 0. The minimum Gasteiger partial charge on any atom is -0.493 e. The number of aliphatic hydroxyl groups is 2. The predicted octanol–water partition coefficient (Wildman–Crippen LogP) is 1.26. The third kappa shape index (κ3) is 2.43. The minimum absolute atomic E-state index is 0.0445. The number of rotatable bonds is 5. The standard InChI is InChI=1S/C11H15FO4/c1-15-9-4-3-7(8(14)5-6-13)10(12)11(9)16-2/h3-4,8,13-14H,5-6H2,1-2H3. The molecule has 4 nitrogen and oxygen atoms in total. The van der Waals surface area contributed by atoms with Crippen LogP contribution < -0.4 is 9.47 Å². The highest BCUT2D eigenvalue weighted by atomic mass is 19.1. The van der Waals surface area contributed by atoms with Crippen LogP contribution in [-0.4, -0.2) is 31.0 Å². The van der Waals surface area contributed by atoms with E-state index in [0.717, 1.165) is 0 Å². The van der Waals surface area contributed by atoms with Crippen molar-refractivity contribution in [3.05, 3.63) is 23.5 Å². The number of hydrogen-bond acceptors (Lipinski definition) is 4. The van der Waals surface area contributed by atoms with Gasteiger partial charge in [0.15, 0.2) is 17.3 Å². The van der Waals surface area contributed by atoms with Gasteiger partial charge < -0.3 is 19.7 Å². The smallest absolute Gasteiger partial charge is 0.197 e. The average Bonchev–Trinajstić information content (AvgIpc) is 2.28. The lowest BCUT2D eigenvalue weighted by Gasteiger charge is -2.14. The van der Waals surface area contributed by atoms with Gasteiger partial charge >= 0.3 is 0 Å². The van der Waals surface area contributed by atoms with E-state index in [1.165, 1.54) is 26.4 Å². The van der Waals surface area contributed by atoms with Crippen LogP contribution in [0.3, 0.4) is 0 Å². The van der Waals surface area contributed by atoms with Gasteiger partial charge in [-0.2, -0.15) is 0 Å². The first-order valence-electron chi connectivity index (χ1n) is 4.85. The second-order valence-corrected chi connectivity index (χ2v) is 3.23. The van der Waals surface area contributed by atoms with Crippen molar-refractivity contribution in [2.45, 2.75) is 12.5 Å². The van der Waals surface area contributed by atoms with E-state index < -0.39 is 11.9 Å². The Morgan fingerprint density at radius 2 is 2.00 bits per heavy atom. The lowest BCUT2D eigenvalue weighted by Crippen LogP contribution is -2.05. The molecule has 0 bridgehead atoms. The zero-order valence-electron chi connectivity index (χ0n) is 9.24. The van der Waals surface area contributed by atoms with Crippen LogP contribution in [0, 0.1) is 5.82 Å². The molecule has 0 amide bonds. The lowest BCUT2D eigenvalue weighted by molar-refractivity contribution is 0.130. The molecule has 0 aliphatic carbocycles. The number of hydrogen-bond donors (Lipinski definition) is 2. The molecular weight excluding hydrogens is 215 g/mol. The molecule has 0 aliphatic heterocycles. The van der Waals surface area contributed by atoms with Crippen LogP contribution in [0.15, 0.2) is 12.1 Å². The van der Waals surface area contributed by atoms with E-state index in [1.54, 1.807) is 0 Å². The van der Waals surface area contributed by atoms with Crippen LogP contribution in [-0.2, 0) is 0 Å². The van der Waals surface area contributed by atoms with Gasteiger partial charge in [0, 0.05) is 18.6 Å². The highest BCUT2D eigenvalue weighted by Crippen LogP contribution is 2.34. The Labute approximate surface area is 93.2 Å². The topological polar surface area (TPSA) is 58.9 Å². The molecule has 0 aliphatic rings. The van der Waals surface area contributed by atoms with Gasteiger partial charge in [0.05, 0.1) is 20.3 Å². The molecule has 0 saturated carbocycles. The van der Waals surface area contributed by atoms with Gasteiger partial charge in [0.2, 0.25) is 0 Å². The van der Waals surface area contributed by atoms with E-state index in [0.29, 0.717) is 0 Å². The fourth-order valence-corrected chi connectivity index (χ4v) is 1.44. The third-order valence-electron chi connectivity index (χ3n) is 2.28. The van der Waals surface area contributed by atoms with Crippen molar-refractivity contribution in [2.24, 2.45) is 0 Å². The zero-order valence-corrected chi connectivity index (χ0v) is 9.24. The van der Waals surface area contributed by atoms with Gasteiger partial charge in [-0.05, 0) is 12.1 Å². The van der Waals surface area contributed by atoms with Gasteiger partial charge in [-0.25, -0.2) is 4.39 Å². The Morgan fingerprint density at radius 3 is 2.50 bits per heavy atom. The number of halogens is 1. The molecule has 1 atom stereocenters. The lowest BCUT2D eigenvalue weighted by atomic mass is 10.1. The molecule has 1 unspecified atom stereocenters. The normalized spacial score (nSPS) is 12.3. The highest BCUT2D eigenvalue weighted by Gasteiger charge is 2.19. The van der Waals surface area contributed by atoms with Crippen molar-refractivity contribution in [1.82, 2.24) is 0 Å². The third-order valence-corrected chi connectivity index (χ3v) is 2.28. The maximum atomic E-state index is 13.8. The summed E-state index contributed by atoms with van der Waals surface area (Å²) in [6.45, 7) is -0.213. The van der Waals surface area contributed by atoms with Crippen LogP contribution in [0.2, 0.25) is 0 Å². The fourth-order valence-electron chi connectivity index (χ4n) is 1.44. The van der Waals surface area contributed by atoms with Crippen LogP contribution in [0.4, 0.5) is 4.39 Å². The Kier molecular flexibility index (Phi) is 4.52. The summed E-state index contributed by atoms with van der Waals surface area (Å²) in [6.07, 6.45) is -0.975. The van der Waals surface area contributed by atoms with Crippen molar-refractivity contribution in [3.63, 3.8) is 0 Å². The molecule has 0 spiro atoms. The summed E-state index contributed by atoms with van der Waals surface area (Å²) in [7, 11) is 2.73. The average molecular weight is 230 g/mol. The number of benzene rings is 1. The second kappa shape index (κ2) is 5.67. The predicted molar refractivity (Wildman–Crippen MR) is 56.2 cm³/mol. The molecule has 0 heterocycles. The molecule has 1 aromatic rings. The highest BCUT2D eigenvalue weighted by molar-refractivity contribution is 5.45. The van der Waals surface area contributed by atoms with Crippen LogP contribution in [0.25, 0.3) is 0 Å². The molecular formula is C11H15FO4. The van der Waals surface area contributed by atoms with Crippen molar-refractivity contribution in [3.8, 4) is 11.5 Å². The number of aliphatic hydroxyl groups excluding tert-OH is 2. The minimum atomic E-state index is -1.05. The molecule has 0 fully saturated rings. The monoisotopic (exact) mass is 230 g/mol. The van der Waals surface area contributed by atoms with Gasteiger partial charge in [-0.1, -0.05) is 0 Å². The largest absolute Gasteiger partial charge is 0.493 e. The van der Waals surface area contributed by atoms with Crippen LogP contribution in [0.5, 0.6) is 11.5 Å². The maximum Gasteiger partial charge on any atom is 0.197 e. The molecule has 1 aromatic carbocycles. The van der Waals surface area contributed by atoms with Gasteiger partial charge in [-0.15, -0.1) is 0 Å². The van der Waals surface area contributed by atoms with Gasteiger partial charge in [-0.3, -0.25) is 0 Å². The van der Waals surface area contributed by atoms with E-state index in [4.69, 9.17) is 14.6 Å². The van der Waals surface area contributed by atoms with E-state index in [-0.39, 0.29) is 30.1 Å². The summed E-state index contributed by atoms with van der Waals surface area (Å²) in [6, 6.07) is 2.93. The molecule has 0 aromatic heterocycles. The quantitative estimate of drug-likeness (QED) is 0.799. The van der Waals surface area contributed by atoms with E-state index in [9.17, 15) is 9.50 Å². The molecule has 0 radical (unpaired) electrons. The summed E-state index contributed by atoms with van der Waals surface area (Å²) in [5, 5.41) is 18.3. The molecule has 5 heteroatoms. The SMILES string of the molecule is COc1ccc(C(O)CCO)c(F)c1OC. The molecule has 0 saturated heterocycles. The molecule has 2 N–H and O–H groups in total. The first-order chi connectivity index (χ1) is 7.65. The van der Waals surface area contributed by atoms with Crippen molar-refractivity contribution in [1.29, 1.82) is 0 Å². The Morgan fingerprint density at radius 1 is 1.31 bits per heavy atom. The Balaban J connectivity index is 3.13. The molecule has 90 valence electrons. The molecule has 1 rings (SSSR count). The van der Waals surface area contributed by atoms with Crippen LogP contribution in [0.1, 0.15) is 18.1 Å². The van der Waals surface area contributed by atoms with Crippen molar-refractivity contribution < 1.29 is 24.1 Å². The zero-order chi connectivity index (χ0) is 12.1. The summed E-state index contributed by atoms with van der Waals surface area (Å²) in [5.41, 5.74) is 0.0895. The first kappa shape index (κ1) is 12.7. The van der Waals surface area contributed by atoms with Gasteiger partial charge in [0.25, 0.3) is 0 Å². The van der Waals surface area contributed by atoms with Crippen molar-refractivity contribution >= 4 is 0 Å². The summed E-state index contributed by atoms with van der Waals surface area (Å²) < 4.78 is 23.6. The maximum absolute atomic E-state index is 13.8. The Bertz CT molecular complexity index is 354. The summed E-state index contributed by atoms with van der Waals surface area (Å²) >= 11 is 0. The van der Waals surface area contributed by atoms with E-state index >= 15 is 0 Å². The first-order valence-corrected chi connectivity index (χ1v) is 4.85. The van der Waals surface area contributed by atoms with Crippen LogP contribution >= 0.6 is 0 Å². The fraction of sp³-hybridized carbons (Fsp3) is 0.455. The van der Waals surface area contributed by atoms with E-state index in [1.807, 2.05) is 0 Å².